The smallest absolute Gasteiger partial charge is 0.125 e. The molecule has 0 unspecified atom stereocenters. The Bertz CT molecular complexity index is 652. The van der Waals surface area contributed by atoms with Crippen molar-refractivity contribution >= 4 is 0 Å². The van der Waals surface area contributed by atoms with Crippen LogP contribution in [0.3, 0.4) is 0 Å². The third-order valence-corrected chi connectivity index (χ3v) is 4.04. The molecule has 0 fully saturated rings. The van der Waals surface area contributed by atoms with Crippen LogP contribution < -0.4 is 0 Å². The van der Waals surface area contributed by atoms with Crippen molar-refractivity contribution in [2.45, 2.75) is 46.0 Å². The molecule has 2 heterocycles. The number of aryl methyl sites for hydroxylation is 3. The number of fused-ring (bicyclic) bond motifs is 3. The highest BCUT2D eigenvalue weighted by molar-refractivity contribution is 5.69. The predicted octanol–water partition coefficient (Wildman–Crippen LogP) is 2.58. The van der Waals surface area contributed by atoms with E-state index in [1.807, 2.05) is 24.9 Å². The summed E-state index contributed by atoms with van der Waals surface area (Å²) in [4.78, 5) is 9.06. The summed E-state index contributed by atoms with van der Waals surface area (Å²) in [5.74, 6) is 0.821. The molecule has 3 rings (SSSR count). The average Bonchev–Trinajstić information content (AvgIpc) is 2.64. The Balaban J connectivity index is 2.35. The van der Waals surface area contributed by atoms with Gasteiger partial charge in [-0.05, 0) is 25.2 Å². The van der Waals surface area contributed by atoms with E-state index in [4.69, 9.17) is 0 Å². The van der Waals surface area contributed by atoms with E-state index in [2.05, 4.69) is 35.8 Å². The van der Waals surface area contributed by atoms with Gasteiger partial charge in [0.15, 0.2) is 0 Å². The molecular formula is C15H20N4. The summed E-state index contributed by atoms with van der Waals surface area (Å²) in [6, 6.07) is 0. The Morgan fingerprint density at radius 3 is 2.79 bits per heavy atom. The van der Waals surface area contributed by atoms with Gasteiger partial charge in [0.2, 0.25) is 0 Å². The lowest BCUT2D eigenvalue weighted by Crippen LogP contribution is -2.27. The molecule has 0 spiro atoms. The number of hydrogen-bond acceptors (Lipinski definition) is 3. The van der Waals surface area contributed by atoms with Crippen LogP contribution in [0.25, 0.3) is 11.4 Å². The first kappa shape index (κ1) is 12.3. The maximum Gasteiger partial charge on any atom is 0.125 e. The second kappa shape index (κ2) is 3.89. The Morgan fingerprint density at radius 2 is 2.11 bits per heavy atom. The van der Waals surface area contributed by atoms with Gasteiger partial charge in [0, 0.05) is 24.4 Å². The molecule has 0 atom stereocenters. The fraction of sp³-hybridized carbons (Fsp3) is 0.533. The van der Waals surface area contributed by atoms with E-state index in [9.17, 15) is 0 Å². The van der Waals surface area contributed by atoms with Crippen molar-refractivity contribution in [1.82, 2.24) is 19.7 Å². The normalized spacial score (nSPS) is 16.1. The monoisotopic (exact) mass is 256 g/mol. The summed E-state index contributed by atoms with van der Waals surface area (Å²) in [7, 11) is 2.01. The van der Waals surface area contributed by atoms with Crippen LogP contribution in [0.5, 0.6) is 0 Å². The van der Waals surface area contributed by atoms with Crippen LogP contribution in [0.1, 0.15) is 43.4 Å². The molecule has 0 saturated carbocycles. The summed E-state index contributed by atoms with van der Waals surface area (Å²) in [5, 5.41) is 4.66. The molecule has 19 heavy (non-hydrogen) atoms. The van der Waals surface area contributed by atoms with Crippen LogP contribution in [0, 0.1) is 6.92 Å². The first-order valence-corrected chi connectivity index (χ1v) is 6.83. The minimum absolute atomic E-state index is 0.0724. The Morgan fingerprint density at radius 1 is 1.37 bits per heavy atom. The SMILES string of the molecule is CCc1nn(C)c2c1CC(C)(C)c1cnc(C)nc1-2. The van der Waals surface area contributed by atoms with E-state index in [0.717, 1.165) is 24.4 Å². The summed E-state index contributed by atoms with van der Waals surface area (Å²) in [6.07, 6.45) is 3.97. The van der Waals surface area contributed by atoms with E-state index in [1.165, 1.54) is 22.5 Å². The van der Waals surface area contributed by atoms with Crippen molar-refractivity contribution in [3.05, 3.63) is 28.8 Å². The molecule has 0 aliphatic heterocycles. The van der Waals surface area contributed by atoms with Gasteiger partial charge in [-0.25, -0.2) is 9.97 Å². The quantitative estimate of drug-likeness (QED) is 0.787. The fourth-order valence-corrected chi connectivity index (χ4v) is 3.07. The molecule has 2 aromatic heterocycles. The van der Waals surface area contributed by atoms with Crippen molar-refractivity contribution in [1.29, 1.82) is 0 Å². The van der Waals surface area contributed by atoms with Gasteiger partial charge in [0.25, 0.3) is 0 Å². The maximum absolute atomic E-state index is 4.69. The van der Waals surface area contributed by atoms with Gasteiger partial charge in [-0.1, -0.05) is 20.8 Å². The molecule has 1 aliphatic rings. The van der Waals surface area contributed by atoms with E-state index >= 15 is 0 Å². The molecular weight excluding hydrogens is 236 g/mol. The van der Waals surface area contributed by atoms with Gasteiger partial charge in [0.05, 0.1) is 17.1 Å². The molecule has 2 aromatic rings. The molecule has 0 amide bonds. The molecule has 0 N–H and O–H groups in total. The second-order valence-electron chi connectivity index (χ2n) is 5.99. The van der Waals surface area contributed by atoms with Crippen LogP contribution in [0.15, 0.2) is 6.20 Å². The van der Waals surface area contributed by atoms with Gasteiger partial charge in [0.1, 0.15) is 5.82 Å². The van der Waals surface area contributed by atoms with Crippen molar-refractivity contribution in [2.75, 3.05) is 0 Å². The van der Waals surface area contributed by atoms with Gasteiger partial charge < -0.3 is 0 Å². The fourth-order valence-electron chi connectivity index (χ4n) is 3.07. The average molecular weight is 256 g/mol. The first-order chi connectivity index (χ1) is 8.94. The molecule has 1 aliphatic carbocycles. The molecule has 4 nitrogen and oxygen atoms in total. The van der Waals surface area contributed by atoms with E-state index in [-0.39, 0.29) is 5.41 Å². The zero-order valence-corrected chi connectivity index (χ0v) is 12.3. The highest BCUT2D eigenvalue weighted by atomic mass is 15.3. The lowest BCUT2D eigenvalue weighted by molar-refractivity contribution is 0.508. The van der Waals surface area contributed by atoms with Crippen molar-refractivity contribution in [3.63, 3.8) is 0 Å². The van der Waals surface area contributed by atoms with Crippen molar-refractivity contribution in [3.8, 4) is 11.4 Å². The molecule has 0 aromatic carbocycles. The Kier molecular flexibility index (Phi) is 2.52. The summed E-state index contributed by atoms with van der Waals surface area (Å²) >= 11 is 0. The number of hydrogen-bond donors (Lipinski definition) is 0. The second-order valence-corrected chi connectivity index (χ2v) is 5.99. The number of nitrogens with zero attached hydrogens (tertiary/aromatic N) is 4. The van der Waals surface area contributed by atoms with Crippen LogP contribution in [0.4, 0.5) is 0 Å². The third kappa shape index (κ3) is 1.70. The van der Waals surface area contributed by atoms with Gasteiger partial charge in [-0.15, -0.1) is 0 Å². The Labute approximate surface area is 113 Å². The zero-order valence-electron chi connectivity index (χ0n) is 12.3. The highest BCUT2D eigenvalue weighted by Gasteiger charge is 2.36. The lowest BCUT2D eigenvalue weighted by atomic mass is 9.73. The van der Waals surface area contributed by atoms with Gasteiger partial charge in [-0.2, -0.15) is 5.10 Å². The predicted molar refractivity (Wildman–Crippen MR) is 75.1 cm³/mol. The van der Waals surface area contributed by atoms with E-state index < -0.39 is 0 Å². The van der Waals surface area contributed by atoms with Crippen molar-refractivity contribution < 1.29 is 0 Å². The van der Waals surface area contributed by atoms with E-state index in [1.54, 1.807) is 0 Å². The molecule has 0 bridgehead atoms. The summed E-state index contributed by atoms with van der Waals surface area (Å²) in [6.45, 7) is 8.63. The van der Waals surface area contributed by atoms with Crippen LogP contribution in [0.2, 0.25) is 0 Å². The summed E-state index contributed by atoms with van der Waals surface area (Å²) in [5.41, 5.74) is 6.11. The van der Waals surface area contributed by atoms with Crippen LogP contribution in [-0.4, -0.2) is 19.7 Å². The van der Waals surface area contributed by atoms with Crippen LogP contribution in [-0.2, 0) is 25.3 Å². The Hall–Kier alpha value is -1.71. The number of aromatic nitrogens is 4. The first-order valence-electron chi connectivity index (χ1n) is 6.83. The molecule has 4 heteroatoms. The minimum atomic E-state index is 0.0724. The zero-order chi connectivity index (χ0) is 13.8. The minimum Gasteiger partial charge on any atom is -0.266 e. The third-order valence-electron chi connectivity index (χ3n) is 4.04. The molecule has 0 radical (unpaired) electrons. The van der Waals surface area contributed by atoms with Crippen LogP contribution >= 0.6 is 0 Å². The molecule has 100 valence electrons. The highest BCUT2D eigenvalue weighted by Crippen LogP contribution is 2.42. The number of rotatable bonds is 1. The molecule has 0 saturated heterocycles. The van der Waals surface area contributed by atoms with Crippen molar-refractivity contribution in [2.24, 2.45) is 7.05 Å². The van der Waals surface area contributed by atoms with E-state index in [0.29, 0.717) is 0 Å². The largest absolute Gasteiger partial charge is 0.266 e. The summed E-state index contributed by atoms with van der Waals surface area (Å²) < 4.78 is 1.98. The standard InChI is InChI=1S/C15H20N4/c1-6-12-10-7-15(3,4)11-8-16-9(2)17-13(11)14(10)19(5)18-12/h8H,6-7H2,1-5H3. The van der Waals surface area contributed by atoms with Gasteiger partial charge >= 0.3 is 0 Å². The van der Waals surface area contributed by atoms with Gasteiger partial charge in [-0.3, -0.25) is 4.68 Å². The maximum atomic E-state index is 4.69. The topological polar surface area (TPSA) is 43.6 Å². The lowest BCUT2D eigenvalue weighted by Gasteiger charge is -2.31.